The summed E-state index contributed by atoms with van der Waals surface area (Å²) in [4.78, 5) is 0. The summed E-state index contributed by atoms with van der Waals surface area (Å²) in [6, 6.07) is 0. The van der Waals surface area contributed by atoms with E-state index < -0.39 is 5.92 Å². The van der Waals surface area contributed by atoms with E-state index in [1.807, 2.05) is 6.92 Å². The van der Waals surface area contributed by atoms with Gasteiger partial charge in [-0.05, 0) is 30.6 Å². The quantitative estimate of drug-likeness (QED) is 0.615. The van der Waals surface area contributed by atoms with Gasteiger partial charge in [0.25, 0.3) is 0 Å². The Morgan fingerprint density at radius 1 is 1.31 bits per heavy atom. The van der Waals surface area contributed by atoms with E-state index >= 15 is 0 Å². The number of alkyl halides is 2. The van der Waals surface area contributed by atoms with Gasteiger partial charge < -0.3 is 0 Å². The average molecular weight is 190 g/mol. The van der Waals surface area contributed by atoms with Crippen molar-refractivity contribution in [3.8, 4) is 0 Å². The molecule has 0 saturated heterocycles. The molecule has 1 unspecified atom stereocenters. The molecule has 1 saturated carbocycles. The lowest BCUT2D eigenvalue weighted by Crippen LogP contribution is -2.31. The van der Waals surface area contributed by atoms with Crippen LogP contribution in [0.15, 0.2) is 0 Å². The van der Waals surface area contributed by atoms with Gasteiger partial charge in [0.1, 0.15) is 0 Å². The summed E-state index contributed by atoms with van der Waals surface area (Å²) in [5.74, 6) is -1.39. The molecule has 0 aromatic carbocycles. The van der Waals surface area contributed by atoms with Crippen LogP contribution in [0.2, 0.25) is 0 Å². The summed E-state index contributed by atoms with van der Waals surface area (Å²) < 4.78 is 26.3. The second-order valence-electron chi connectivity index (χ2n) is 5.10. The van der Waals surface area contributed by atoms with Crippen molar-refractivity contribution in [1.29, 1.82) is 0 Å². The van der Waals surface area contributed by atoms with E-state index in [-0.39, 0.29) is 24.7 Å². The molecule has 2 heteroatoms. The zero-order valence-corrected chi connectivity index (χ0v) is 8.82. The molecule has 0 bridgehead atoms. The summed E-state index contributed by atoms with van der Waals surface area (Å²) in [5, 5.41) is 0. The van der Waals surface area contributed by atoms with Crippen molar-refractivity contribution in [3.63, 3.8) is 0 Å². The molecule has 0 aromatic rings. The van der Waals surface area contributed by atoms with Gasteiger partial charge in [0.2, 0.25) is 5.92 Å². The van der Waals surface area contributed by atoms with Gasteiger partial charge in [-0.1, -0.05) is 20.8 Å². The Labute approximate surface area is 79.7 Å². The van der Waals surface area contributed by atoms with Crippen LogP contribution in [0.4, 0.5) is 8.78 Å². The van der Waals surface area contributed by atoms with Crippen molar-refractivity contribution < 1.29 is 8.78 Å². The minimum absolute atomic E-state index is 0.0988. The topological polar surface area (TPSA) is 0 Å². The van der Waals surface area contributed by atoms with E-state index in [0.717, 1.165) is 12.8 Å². The van der Waals surface area contributed by atoms with Gasteiger partial charge >= 0.3 is 0 Å². The van der Waals surface area contributed by atoms with Crippen LogP contribution in [-0.2, 0) is 0 Å². The molecular formula is C11H20F2. The van der Waals surface area contributed by atoms with Gasteiger partial charge in [0.15, 0.2) is 0 Å². The Balaban J connectivity index is 2.48. The van der Waals surface area contributed by atoms with E-state index in [1.165, 1.54) is 0 Å². The maximum absolute atomic E-state index is 13.2. The molecular weight excluding hydrogens is 170 g/mol. The zero-order valence-electron chi connectivity index (χ0n) is 8.82. The highest BCUT2D eigenvalue weighted by Gasteiger charge is 2.39. The maximum atomic E-state index is 13.2. The molecule has 0 heterocycles. The van der Waals surface area contributed by atoms with Gasteiger partial charge in [-0.15, -0.1) is 0 Å². The second-order valence-corrected chi connectivity index (χ2v) is 5.10. The minimum atomic E-state index is -2.39. The third-order valence-electron chi connectivity index (χ3n) is 2.77. The first-order valence-electron chi connectivity index (χ1n) is 5.27. The van der Waals surface area contributed by atoms with E-state index in [0.29, 0.717) is 5.92 Å². The Hall–Kier alpha value is -0.140. The van der Waals surface area contributed by atoms with Gasteiger partial charge in [-0.3, -0.25) is 0 Å². The van der Waals surface area contributed by atoms with Crippen LogP contribution >= 0.6 is 0 Å². The lowest BCUT2D eigenvalue weighted by molar-refractivity contribution is -0.0719. The van der Waals surface area contributed by atoms with E-state index in [9.17, 15) is 8.78 Å². The van der Waals surface area contributed by atoms with Gasteiger partial charge in [-0.2, -0.15) is 0 Å². The Bertz CT molecular complexity index is 161. The third-order valence-corrected chi connectivity index (χ3v) is 2.77. The first-order valence-corrected chi connectivity index (χ1v) is 5.27. The highest BCUT2D eigenvalue weighted by atomic mass is 19.3. The lowest BCUT2D eigenvalue weighted by Gasteiger charge is -2.33. The second kappa shape index (κ2) is 3.93. The molecule has 0 amide bonds. The predicted octanol–water partition coefficient (Wildman–Crippen LogP) is 4.10. The van der Waals surface area contributed by atoms with Crippen LogP contribution in [0.3, 0.4) is 0 Å². The van der Waals surface area contributed by atoms with Crippen molar-refractivity contribution in [3.05, 3.63) is 0 Å². The standard InChI is InChI=1S/C11H20F2/c1-8(2)4-10-5-9(3)6-11(12,13)7-10/h8-10H,4-7H2,1-3H3/t9-,10?/m1/s1. The molecule has 2 atom stereocenters. The monoisotopic (exact) mass is 190 g/mol. The number of halogens is 2. The van der Waals surface area contributed by atoms with Crippen LogP contribution in [-0.4, -0.2) is 5.92 Å². The van der Waals surface area contributed by atoms with Crippen LogP contribution in [0.25, 0.3) is 0 Å². The molecule has 0 radical (unpaired) electrons. The van der Waals surface area contributed by atoms with E-state index in [2.05, 4.69) is 13.8 Å². The summed E-state index contributed by atoms with van der Waals surface area (Å²) in [7, 11) is 0. The van der Waals surface area contributed by atoms with Crippen molar-refractivity contribution in [1.82, 2.24) is 0 Å². The first-order chi connectivity index (χ1) is 5.89. The summed E-state index contributed by atoms with van der Waals surface area (Å²) in [6.07, 6.45) is 2.17. The van der Waals surface area contributed by atoms with Crippen LogP contribution in [0.5, 0.6) is 0 Å². The summed E-state index contributed by atoms with van der Waals surface area (Å²) in [5.41, 5.74) is 0. The van der Waals surface area contributed by atoms with Gasteiger partial charge in [-0.25, -0.2) is 8.78 Å². The lowest BCUT2D eigenvalue weighted by atomic mass is 9.77. The Morgan fingerprint density at radius 3 is 2.38 bits per heavy atom. The van der Waals surface area contributed by atoms with Crippen LogP contribution in [0, 0.1) is 17.8 Å². The van der Waals surface area contributed by atoms with Crippen LogP contribution in [0.1, 0.15) is 46.5 Å². The summed E-state index contributed by atoms with van der Waals surface area (Å²) in [6.45, 7) is 6.16. The number of rotatable bonds is 2. The fraction of sp³-hybridized carbons (Fsp3) is 1.00. The maximum Gasteiger partial charge on any atom is 0.248 e. The number of hydrogen-bond donors (Lipinski definition) is 0. The average Bonchev–Trinajstić information content (AvgIpc) is 1.78. The molecule has 1 fully saturated rings. The molecule has 0 aromatic heterocycles. The molecule has 1 aliphatic carbocycles. The highest BCUT2D eigenvalue weighted by Crippen LogP contribution is 2.41. The molecule has 78 valence electrons. The minimum Gasteiger partial charge on any atom is -0.207 e. The Morgan fingerprint density at radius 2 is 1.92 bits per heavy atom. The first kappa shape index (κ1) is 10.9. The smallest absolute Gasteiger partial charge is 0.207 e. The third kappa shape index (κ3) is 3.61. The normalized spacial score (nSPS) is 33.7. The van der Waals surface area contributed by atoms with Crippen molar-refractivity contribution >= 4 is 0 Å². The molecule has 0 aliphatic heterocycles. The van der Waals surface area contributed by atoms with Crippen molar-refractivity contribution in [2.75, 3.05) is 0 Å². The van der Waals surface area contributed by atoms with E-state index in [4.69, 9.17) is 0 Å². The fourth-order valence-electron chi connectivity index (χ4n) is 2.60. The highest BCUT2D eigenvalue weighted by molar-refractivity contribution is 4.82. The van der Waals surface area contributed by atoms with E-state index in [1.54, 1.807) is 0 Å². The molecule has 0 spiro atoms. The largest absolute Gasteiger partial charge is 0.248 e. The molecule has 0 nitrogen and oxygen atoms in total. The summed E-state index contributed by atoms with van der Waals surface area (Å²) >= 11 is 0. The van der Waals surface area contributed by atoms with Crippen molar-refractivity contribution in [2.45, 2.75) is 52.4 Å². The Kier molecular flexibility index (Phi) is 3.31. The van der Waals surface area contributed by atoms with Gasteiger partial charge in [0.05, 0.1) is 0 Å². The zero-order chi connectivity index (χ0) is 10.1. The fourth-order valence-corrected chi connectivity index (χ4v) is 2.60. The SMILES string of the molecule is CC(C)CC1C[C@@H](C)CC(F)(F)C1. The number of hydrogen-bond acceptors (Lipinski definition) is 0. The van der Waals surface area contributed by atoms with Crippen LogP contribution < -0.4 is 0 Å². The molecule has 1 aliphatic rings. The molecule has 13 heavy (non-hydrogen) atoms. The van der Waals surface area contributed by atoms with Gasteiger partial charge in [0, 0.05) is 12.8 Å². The van der Waals surface area contributed by atoms with Crippen molar-refractivity contribution in [2.24, 2.45) is 17.8 Å². The predicted molar refractivity (Wildman–Crippen MR) is 50.9 cm³/mol. The molecule has 0 N–H and O–H groups in total. The molecule has 1 rings (SSSR count).